The van der Waals surface area contributed by atoms with E-state index in [4.69, 9.17) is 0 Å². The van der Waals surface area contributed by atoms with E-state index in [1.807, 2.05) is 25.3 Å². The molecule has 0 unspecified atom stereocenters. The Labute approximate surface area is 100 Å². The van der Waals surface area contributed by atoms with Crippen LogP contribution in [0.5, 0.6) is 0 Å². The summed E-state index contributed by atoms with van der Waals surface area (Å²) < 4.78 is 1.39. The molecule has 0 aromatic carbocycles. The molecule has 3 rings (SSSR count). The molecule has 0 saturated heterocycles. The lowest BCUT2D eigenvalue weighted by Gasteiger charge is -2.02. The molecule has 7 nitrogen and oxygen atoms in total. The van der Waals surface area contributed by atoms with Gasteiger partial charge >= 0.3 is 0 Å². The first kappa shape index (κ1) is 10.1. The van der Waals surface area contributed by atoms with E-state index in [2.05, 4.69) is 30.9 Å². The maximum absolute atomic E-state index is 4.21. The molecule has 0 fully saturated rings. The van der Waals surface area contributed by atoms with Crippen molar-refractivity contribution in [2.75, 3.05) is 5.32 Å². The van der Waals surface area contributed by atoms with Crippen molar-refractivity contribution in [1.29, 1.82) is 0 Å². The first-order chi connectivity index (χ1) is 8.31. The lowest BCUT2D eigenvalue weighted by atomic mass is 10.5. The van der Waals surface area contributed by atoms with Crippen molar-refractivity contribution in [1.82, 2.24) is 30.2 Å². The fraction of sp³-hybridized carbons (Fsp3) is 0.222. The molecule has 0 atom stereocenters. The zero-order chi connectivity index (χ0) is 11.7. The minimum atomic E-state index is 0.629. The van der Waals surface area contributed by atoms with Crippen LogP contribution in [0.1, 0.15) is 9.88 Å². The summed E-state index contributed by atoms with van der Waals surface area (Å²) in [7, 11) is 0. The van der Waals surface area contributed by atoms with E-state index >= 15 is 0 Å². The van der Waals surface area contributed by atoms with Crippen LogP contribution < -0.4 is 5.32 Å². The Hall–Kier alpha value is -2.09. The minimum absolute atomic E-state index is 0.629. The molecular weight excluding hydrogens is 238 g/mol. The van der Waals surface area contributed by atoms with Gasteiger partial charge in [0.2, 0.25) is 0 Å². The second-order valence-corrected chi connectivity index (χ2v) is 4.76. The number of hydrogen-bond acceptors (Lipinski definition) is 7. The molecule has 0 saturated carbocycles. The van der Waals surface area contributed by atoms with Crippen molar-refractivity contribution in [2.45, 2.75) is 13.5 Å². The van der Waals surface area contributed by atoms with Crippen LogP contribution in [-0.2, 0) is 6.54 Å². The van der Waals surface area contributed by atoms with Crippen molar-refractivity contribution in [3.05, 3.63) is 28.2 Å². The smallest absolute Gasteiger partial charge is 0.200 e. The van der Waals surface area contributed by atoms with Crippen molar-refractivity contribution in [3.8, 4) is 0 Å². The third kappa shape index (κ3) is 2.07. The van der Waals surface area contributed by atoms with Gasteiger partial charge in [-0.15, -0.1) is 26.2 Å². The van der Waals surface area contributed by atoms with Crippen molar-refractivity contribution in [3.63, 3.8) is 0 Å². The van der Waals surface area contributed by atoms with Gasteiger partial charge in [-0.25, -0.2) is 4.98 Å². The second kappa shape index (κ2) is 4.06. The highest BCUT2D eigenvalue weighted by Crippen LogP contribution is 2.13. The molecule has 17 heavy (non-hydrogen) atoms. The molecule has 0 spiro atoms. The van der Waals surface area contributed by atoms with Crippen molar-refractivity contribution >= 4 is 22.8 Å². The molecule has 0 amide bonds. The average molecular weight is 247 g/mol. The third-order valence-corrected chi connectivity index (χ3v) is 3.10. The van der Waals surface area contributed by atoms with E-state index < -0.39 is 0 Å². The number of nitrogens with zero attached hydrogens (tertiary/aromatic N) is 6. The number of rotatable bonds is 3. The maximum Gasteiger partial charge on any atom is 0.200 e. The fourth-order valence-electron chi connectivity index (χ4n) is 1.41. The number of anilines is 1. The molecule has 3 aromatic rings. The second-order valence-electron chi connectivity index (χ2n) is 3.44. The van der Waals surface area contributed by atoms with Crippen LogP contribution in [0.4, 0.5) is 5.82 Å². The summed E-state index contributed by atoms with van der Waals surface area (Å²) in [5.41, 5.74) is 0.629. The van der Waals surface area contributed by atoms with Crippen LogP contribution in [0, 0.1) is 6.92 Å². The van der Waals surface area contributed by atoms with Gasteiger partial charge in [-0.2, -0.15) is 0 Å². The highest BCUT2D eigenvalue weighted by Gasteiger charge is 2.02. The van der Waals surface area contributed by atoms with Crippen LogP contribution in [0.15, 0.2) is 18.3 Å². The van der Waals surface area contributed by atoms with Gasteiger partial charge in [0.15, 0.2) is 5.65 Å². The van der Waals surface area contributed by atoms with E-state index in [1.54, 1.807) is 11.3 Å². The number of hydrogen-bond donors (Lipinski definition) is 1. The molecule has 3 aromatic heterocycles. The molecule has 3 heterocycles. The Bertz CT molecular complexity index is 643. The molecule has 1 N–H and O–H groups in total. The molecule has 0 aliphatic heterocycles. The molecule has 0 aliphatic rings. The van der Waals surface area contributed by atoms with E-state index in [0.717, 1.165) is 10.8 Å². The summed E-state index contributed by atoms with van der Waals surface area (Å²) in [4.78, 5) is 5.36. The summed E-state index contributed by atoms with van der Waals surface area (Å²) in [6.07, 6.45) is 1.86. The van der Waals surface area contributed by atoms with E-state index in [0.29, 0.717) is 12.2 Å². The highest BCUT2D eigenvalue weighted by molar-refractivity contribution is 7.11. The summed E-state index contributed by atoms with van der Waals surface area (Å²) >= 11 is 1.66. The average Bonchev–Trinajstić information content (AvgIpc) is 2.94. The summed E-state index contributed by atoms with van der Waals surface area (Å²) in [6.45, 7) is 2.69. The van der Waals surface area contributed by atoms with E-state index in [9.17, 15) is 0 Å². The summed E-state index contributed by atoms with van der Waals surface area (Å²) in [5.74, 6) is 0.732. The molecule has 0 bridgehead atoms. The maximum atomic E-state index is 4.21. The Morgan fingerprint density at radius 3 is 3.18 bits per heavy atom. The lowest BCUT2D eigenvalue weighted by Crippen LogP contribution is -2.03. The number of aryl methyl sites for hydroxylation is 1. The predicted octanol–water partition coefficient (Wildman–Crippen LogP) is 0.896. The van der Waals surface area contributed by atoms with Gasteiger partial charge in [-0.3, -0.25) is 0 Å². The lowest BCUT2D eigenvalue weighted by molar-refractivity contribution is 0.734. The zero-order valence-corrected chi connectivity index (χ0v) is 9.85. The van der Waals surface area contributed by atoms with Gasteiger partial charge in [0.25, 0.3) is 0 Å². The highest BCUT2D eigenvalue weighted by atomic mass is 32.1. The van der Waals surface area contributed by atoms with Crippen LogP contribution in [0.3, 0.4) is 0 Å². The number of fused-ring (bicyclic) bond motifs is 1. The molecule has 0 aliphatic carbocycles. The number of thiazole rings is 1. The Morgan fingerprint density at radius 1 is 1.41 bits per heavy atom. The fourth-order valence-corrected chi connectivity index (χ4v) is 2.14. The van der Waals surface area contributed by atoms with Gasteiger partial charge in [-0.1, -0.05) is 0 Å². The summed E-state index contributed by atoms with van der Waals surface area (Å²) in [5, 5.41) is 19.5. The number of aromatic nitrogens is 6. The van der Waals surface area contributed by atoms with E-state index in [1.165, 1.54) is 9.51 Å². The Balaban J connectivity index is 1.76. The Kier molecular flexibility index (Phi) is 2.41. The van der Waals surface area contributed by atoms with Crippen LogP contribution in [0.25, 0.3) is 5.65 Å². The Morgan fingerprint density at radius 2 is 2.35 bits per heavy atom. The predicted molar refractivity (Wildman–Crippen MR) is 62.8 cm³/mol. The van der Waals surface area contributed by atoms with Crippen molar-refractivity contribution < 1.29 is 0 Å². The first-order valence-electron chi connectivity index (χ1n) is 5.02. The quantitative estimate of drug-likeness (QED) is 0.740. The topological polar surface area (TPSA) is 80.9 Å². The molecule has 8 heteroatoms. The van der Waals surface area contributed by atoms with Gasteiger partial charge in [-0.05, 0) is 29.5 Å². The van der Waals surface area contributed by atoms with Gasteiger partial charge in [0, 0.05) is 11.1 Å². The first-order valence-corrected chi connectivity index (χ1v) is 5.83. The van der Waals surface area contributed by atoms with Crippen LogP contribution in [-0.4, -0.2) is 30.2 Å². The zero-order valence-electron chi connectivity index (χ0n) is 9.03. The van der Waals surface area contributed by atoms with Gasteiger partial charge in [0.05, 0.1) is 11.6 Å². The van der Waals surface area contributed by atoms with E-state index in [-0.39, 0.29) is 0 Å². The minimum Gasteiger partial charge on any atom is -0.364 e. The standard InChI is InChI=1S/C9H9N7S/c1-6-10-4-7(17-6)5-11-8-2-3-9-12-14-15-16(9)13-8/h2-4H,5H2,1H3,(H,11,13). The van der Waals surface area contributed by atoms with Gasteiger partial charge in [0.1, 0.15) is 5.82 Å². The largest absolute Gasteiger partial charge is 0.364 e. The number of nitrogens with one attached hydrogen (secondary N) is 1. The normalized spacial score (nSPS) is 10.9. The van der Waals surface area contributed by atoms with Gasteiger partial charge < -0.3 is 5.32 Å². The molecular formula is C9H9N7S. The monoisotopic (exact) mass is 247 g/mol. The molecule has 86 valence electrons. The SMILES string of the molecule is Cc1ncc(CNc2ccc3nnnn3n2)s1. The molecule has 0 radical (unpaired) electrons. The van der Waals surface area contributed by atoms with Crippen LogP contribution >= 0.6 is 11.3 Å². The van der Waals surface area contributed by atoms with Crippen molar-refractivity contribution in [2.24, 2.45) is 0 Å². The van der Waals surface area contributed by atoms with Crippen LogP contribution in [0.2, 0.25) is 0 Å². The third-order valence-electron chi connectivity index (χ3n) is 2.18. The summed E-state index contributed by atoms with van der Waals surface area (Å²) in [6, 6.07) is 3.66. The number of tetrazole rings is 1.